The zero-order valence-corrected chi connectivity index (χ0v) is 21.7. The summed E-state index contributed by atoms with van der Waals surface area (Å²) in [6.45, 7) is 2.04. The quantitative estimate of drug-likeness (QED) is 0.443. The van der Waals surface area contributed by atoms with E-state index in [0.29, 0.717) is 37.5 Å². The van der Waals surface area contributed by atoms with E-state index in [1.54, 1.807) is 17.0 Å². The maximum absolute atomic E-state index is 14.6. The van der Waals surface area contributed by atoms with Crippen molar-refractivity contribution in [2.24, 2.45) is 12.8 Å². The second-order valence-corrected chi connectivity index (χ2v) is 9.18. The van der Waals surface area contributed by atoms with Crippen LogP contribution in [0.3, 0.4) is 0 Å². The van der Waals surface area contributed by atoms with E-state index in [1.165, 1.54) is 43.1 Å². The number of hydrogen-bond acceptors (Lipinski definition) is 6. The van der Waals surface area contributed by atoms with Gasteiger partial charge in [0.1, 0.15) is 0 Å². The Morgan fingerprint density at radius 3 is 2.58 bits per heavy atom. The summed E-state index contributed by atoms with van der Waals surface area (Å²) >= 11 is 6.40. The number of carbonyl (C=O) groups excluding carboxylic acids is 2. The summed E-state index contributed by atoms with van der Waals surface area (Å²) in [5, 5.41) is 2.86. The number of benzene rings is 2. The van der Waals surface area contributed by atoms with E-state index in [2.05, 4.69) is 10.3 Å². The molecule has 0 radical (unpaired) electrons. The molecule has 0 unspecified atom stereocenters. The number of rotatable bonds is 8. The van der Waals surface area contributed by atoms with Crippen molar-refractivity contribution in [2.75, 3.05) is 38.7 Å². The largest absolute Gasteiger partial charge is 0.494 e. The first-order chi connectivity index (χ1) is 18.2. The lowest BCUT2D eigenvalue weighted by atomic mass is 10.1. The van der Waals surface area contributed by atoms with Crippen molar-refractivity contribution in [2.45, 2.75) is 18.9 Å². The number of nitrogens with two attached hydrogens (primary N) is 1. The van der Waals surface area contributed by atoms with Crippen LogP contribution in [-0.4, -0.2) is 65.7 Å². The third-order valence-electron chi connectivity index (χ3n) is 6.39. The van der Waals surface area contributed by atoms with E-state index in [4.69, 9.17) is 26.8 Å². The van der Waals surface area contributed by atoms with Crippen molar-refractivity contribution in [3.8, 4) is 17.0 Å². The Labute approximate surface area is 223 Å². The molecule has 9 nitrogen and oxygen atoms in total. The third kappa shape index (κ3) is 5.64. The van der Waals surface area contributed by atoms with Gasteiger partial charge in [0.2, 0.25) is 5.82 Å². The van der Waals surface area contributed by atoms with Crippen LogP contribution in [0.5, 0.6) is 5.75 Å². The predicted octanol–water partition coefficient (Wildman–Crippen LogP) is 3.86. The van der Waals surface area contributed by atoms with E-state index < -0.39 is 17.5 Å². The molecule has 0 aliphatic carbocycles. The van der Waals surface area contributed by atoms with Crippen LogP contribution in [0.25, 0.3) is 11.3 Å². The topological polar surface area (TPSA) is 112 Å². The van der Waals surface area contributed by atoms with Crippen LogP contribution in [0.15, 0.2) is 36.5 Å². The molecule has 0 spiro atoms. The Bertz CT molecular complexity index is 1340. The molecule has 1 saturated heterocycles. The molecule has 2 aromatic carbocycles. The molecule has 1 fully saturated rings. The highest BCUT2D eigenvalue weighted by atomic mass is 35.5. The number of methoxy groups -OCH3 is 1. The van der Waals surface area contributed by atoms with Crippen LogP contribution in [-0.2, 0) is 11.8 Å². The van der Waals surface area contributed by atoms with Crippen molar-refractivity contribution in [1.29, 1.82) is 0 Å². The van der Waals surface area contributed by atoms with Gasteiger partial charge in [0.15, 0.2) is 17.4 Å². The number of nitrogens with zero attached hydrogens (tertiary/aromatic N) is 3. The van der Waals surface area contributed by atoms with Gasteiger partial charge in [-0.3, -0.25) is 9.59 Å². The van der Waals surface area contributed by atoms with Gasteiger partial charge < -0.3 is 30.0 Å². The Kier molecular flexibility index (Phi) is 8.60. The molecule has 2 amide bonds. The fraction of sp³-hybridized carbons (Fsp3) is 0.346. The van der Waals surface area contributed by atoms with Crippen molar-refractivity contribution < 1.29 is 27.8 Å². The summed E-state index contributed by atoms with van der Waals surface area (Å²) < 4.78 is 40.6. The molecule has 12 heteroatoms. The molecule has 3 N–H and O–H groups in total. The summed E-state index contributed by atoms with van der Waals surface area (Å²) in [5.41, 5.74) is 6.27. The van der Waals surface area contributed by atoms with E-state index >= 15 is 0 Å². The van der Waals surface area contributed by atoms with E-state index in [1.807, 2.05) is 0 Å². The number of ether oxygens (including phenoxy) is 2. The van der Waals surface area contributed by atoms with Gasteiger partial charge in [-0.15, -0.1) is 0 Å². The number of amides is 2. The number of anilines is 1. The minimum Gasteiger partial charge on any atom is -0.494 e. The first-order valence-electron chi connectivity index (χ1n) is 12.0. The highest BCUT2D eigenvalue weighted by molar-refractivity contribution is 6.34. The van der Waals surface area contributed by atoms with Crippen LogP contribution >= 0.6 is 11.6 Å². The zero-order chi connectivity index (χ0) is 27.4. The lowest BCUT2D eigenvalue weighted by molar-refractivity contribution is 0.0122. The van der Waals surface area contributed by atoms with Gasteiger partial charge >= 0.3 is 0 Å². The molecule has 38 heavy (non-hydrogen) atoms. The van der Waals surface area contributed by atoms with Crippen molar-refractivity contribution in [1.82, 2.24) is 14.5 Å². The van der Waals surface area contributed by atoms with Crippen molar-refractivity contribution in [3.05, 3.63) is 64.6 Å². The average Bonchev–Trinajstić information content (AvgIpc) is 3.30. The lowest BCUT2D eigenvalue weighted by Crippen LogP contribution is -2.41. The molecule has 202 valence electrons. The Morgan fingerprint density at radius 2 is 1.92 bits per heavy atom. The van der Waals surface area contributed by atoms with Crippen LogP contribution < -0.4 is 15.8 Å². The molecule has 0 saturated carbocycles. The SMILES string of the molecule is COc1ccc(-c2cnc(C(=O)Nc3ccc(C(=O)N4CCC(OCCN)CC4)c(Cl)c3)n2C)c(F)c1F. The Hall–Kier alpha value is -3.54. The van der Waals surface area contributed by atoms with Gasteiger partial charge in [-0.2, -0.15) is 4.39 Å². The number of aromatic nitrogens is 2. The molecule has 0 atom stereocenters. The third-order valence-corrected chi connectivity index (χ3v) is 6.70. The number of piperidine rings is 1. The minimum atomic E-state index is -1.13. The van der Waals surface area contributed by atoms with Crippen LogP contribution in [0.2, 0.25) is 5.02 Å². The molecule has 2 heterocycles. The van der Waals surface area contributed by atoms with Gasteiger partial charge in [-0.05, 0) is 43.2 Å². The summed E-state index contributed by atoms with van der Waals surface area (Å²) in [7, 11) is 2.75. The fourth-order valence-corrected chi connectivity index (χ4v) is 4.60. The smallest absolute Gasteiger partial charge is 0.291 e. The van der Waals surface area contributed by atoms with E-state index in [-0.39, 0.29) is 39.9 Å². The summed E-state index contributed by atoms with van der Waals surface area (Å²) in [6, 6.07) is 7.24. The number of nitrogens with one attached hydrogen (secondary N) is 1. The normalized spacial score (nSPS) is 14.0. The molecule has 0 bridgehead atoms. The molecule has 3 aromatic rings. The number of likely N-dealkylation sites (tertiary alicyclic amines) is 1. The minimum absolute atomic E-state index is 0.0355. The first kappa shape index (κ1) is 27.5. The average molecular weight is 548 g/mol. The van der Waals surface area contributed by atoms with Crippen LogP contribution in [0.1, 0.15) is 33.8 Å². The van der Waals surface area contributed by atoms with E-state index in [9.17, 15) is 18.4 Å². The number of halogens is 3. The number of hydrogen-bond donors (Lipinski definition) is 2. The molecule has 1 aliphatic rings. The number of imidazole rings is 1. The maximum Gasteiger partial charge on any atom is 0.291 e. The highest BCUT2D eigenvalue weighted by Crippen LogP contribution is 2.30. The van der Waals surface area contributed by atoms with Crippen molar-refractivity contribution >= 4 is 29.1 Å². The summed E-state index contributed by atoms with van der Waals surface area (Å²) in [5.74, 6) is -3.31. The van der Waals surface area contributed by atoms with Gasteiger partial charge in [0.25, 0.3) is 11.8 Å². The first-order valence-corrected chi connectivity index (χ1v) is 12.4. The van der Waals surface area contributed by atoms with Gasteiger partial charge in [-0.1, -0.05) is 11.6 Å². The monoisotopic (exact) mass is 547 g/mol. The summed E-state index contributed by atoms with van der Waals surface area (Å²) in [6.07, 6.45) is 2.80. The lowest BCUT2D eigenvalue weighted by Gasteiger charge is -2.32. The zero-order valence-electron chi connectivity index (χ0n) is 21.0. The second-order valence-electron chi connectivity index (χ2n) is 8.77. The van der Waals surface area contributed by atoms with Gasteiger partial charge in [-0.25, -0.2) is 9.37 Å². The molecule has 1 aromatic heterocycles. The Balaban J connectivity index is 1.44. The van der Waals surface area contributed by atoms with Gasteiger partial charge in [0.05, 0.1) is 42.3 Å². The number of carbonyl (C=O) groups is 2. The highest BCUT2D eigenvalue weighted by Gasteiger charge is 2.26. The molecule has 4 rings (SSSR count). The molecule has 1 aliphatic heterocycles. The van der Waals surface area contributed by atoms with Crippen LogP contribution in [0.4, 0.5) is 14.5 Å². The standard InChI is InChI=1S/C26H28ClF2N5O4/c1-33-20(18-5-6-21(37-2)23(29)22(18)28)14-31-24(33)25(35)32-15-3-4-17(19(27)13-15)26(36)34-10-7-16(8-11-34)38-12-9-30/h3-6,13-14,16H,7-12,30H2,1-2H3,(H,32,35). The van der Waals surface area contributed by atoms with Crippen molar-refractivity contribution in [3.63, 3.8) is 0 Å². The predicted molar refractivity (Wildman–Crippen MR) is 138 cm³/mol. The maximum atomic E-state index is 14.6. The van der Waals surface area contributed by atoms with Gasteiger partial charge in [0, 0.05) is 37.9 Å². The van der Waals surface area contributed by atoms with E-state index in [0.717, 1.165) is 12.8 Å². The molecular weight excluding hydrogens is 520 g/mol. The second kappa shape index (κ2) is 11.9. The molecular formula is C26H28ClF2N5O4. The Morgan fingerprint density at radius 1 is 1.18 bits per heavy atom. The van der Waals surface area contributed by atoms with Crippen LogP contribution in [0, 0.1) is 11.6 Å². The summed E-state index contributed by atoms with van der Waals surface area (Å²) in [4.78, 5) is 31.7. The fourth-order valence-electron chi connectivity index (χ4n) is 4.34.